The molecule has 3 aromatic carbocycles. The molecule has 0 aromatic heterocycles. The summed E-state index contributed by atoms with van der Waals surface area (Å²) in [6.45, 7) is 1.61. The number of fused-ring (bicyclic) bond motifs is 2. The van der Waals surface area contributed by atoms with Gasteiger partial charge in [-0.2, -0.15) is 0 Å². The second-order valence-electron chi connectivity index (χ2n) is 6.52. The summed E-state index contributed by atoms with van der Waals surface area (Å²) in [7, 11) is 0. The number of hydrogen-bond acceptors (Lipinski definition) is 4. The van der Waals surface area contributed by atoms with Crippen LogP contribution in [0.3, 0.4) is 0 Å². The van der Waals surface area contributed by atoms with Gasteiger partial charge >= 0.3 is 0 Å². The summed E-state index contributed by atoms with van der Waals surface area (Å²) < 4.78 is 5.83. The Bertz CT molecular complexity index is 937. The third-order valence-electron chi connectivity index (χ3n) is 4.63. The Balaban J connectivity index is 1.38. The number of ketones is 1. The number of hydrogen-bond donors (Lipinski definition) is 1. The molecule has 0 saturated carbocycles. The fourth-order valence-electron chi connectivity index (χ4n) is 3.18. The van der Waals surface area contributed by atoms with E-state index in [1.807, 2.05) is 72.8 Å². The van der Waals surface area contributed by atoms with Crippen LogP contribution in [0.5, 0.6) is 5.75 Å². The van der Waals surface area contributed by atoms with Crippen molar-refractivity contribution < 1.29 is 14.4 Å². The molecule has 0 atom stereocenters. The van der Waals surface area contributed by atoms with Crippen molar-refractivity contribution in [1.82, 2.24) is 5.48 Å². The van der Waals surface area contributed by atoms with Gasteiger partial charge in [-0.25, -0.2) is 5.48 Å². The van der Waals surface area contributed by atoms with Gasteiger partial charge in [0.1, 0.15) is 12.4 Å². The lowest BCUT2D eigenvalue weighted by Crippen LogP contribution is -2.17. The molecule has 0 saturated heterocycles. The van der Waals surface area contributed by atoms with E-state index in [1.54, 1.807) is 0 Å². The van der Waals surface area contributed by atoms with Crippen LogP contribution in [-0.2, 0) is 24.5 Å². The van der Waals surface area contributed by atoms with Crippen LogP contribution in [0.1, 0.15) is 32.6 Å². The van der Waals surface area contributed by atoms with Crippen LogP contribution in [0.2, 0.25) is 0 Å². The molecular weight excluding hydrogens is 338 g/mol. The third kappa shape index (κ3) is 4.08. The van der Waals surface area contributed by atoms with Gasteiger partial charge in [-0.1, -0.05) is 60.7 Å². The van der Waals surface area contributed by atoms with E-state index < -0.39 is 0 Å². The Labute approximate surface area is 158 Å². The number of nitrogens with one attached hydrogen (secondary N) is 1. The predicted octanol–water partition coefficient (Wildman–Crippen LogP) is 4.07. The summed E-state index contributed by atoms with van der Waals surface area (Å²) in [5.41, 5.74) is 7.45. The first kappa shape index (κ1) is 17.5. The lowest BCUT2D eigenvalue weighted by molar-refractivity contribution is 0.0288. The average Bonchev–Trinajstić information content (AvgIpc) is 2.86. The highest BCUT2D eigenvalue weighted by atomic mass is 16.6. The number of carbonyl (C=O) groups excluding carboxylic acids is 1. The van der Waals surface area contributed by atoms with E-state index in [-0.39, 0.29) is 5.78 Å². The van der Waals surface area contributed by atoms with E-state index >= 15 is 0 Å². The summed E-state index contributed by atoms with van der Waals surface area (Å²) in [5, 5.41) is 0. The second-order valence-corrected chi connectivity index (χ2v) is 6.52. The predicted molar refractivity (Wildman–Crippen MR) is 104 cm³/mol. The standard InChI is InChI=1S/C23H21NO3/c25-23-20-9-5-4-8-19(20)16-26-22-11-10-17(14-21(22)23)12-13-24-27-15-18-6-2-1-3-7-18/h1-11,14,24H,12-13,15-16H2. The fraction of sp³-hybridized carbons (Fsp3) is 0.174. The number of benzene rings is 3. The Morgan fingerprint density at radius 3 is 2.59 bits per heavy atom. The number of rotatable bonds is 6. The first-order chi connectivity index (χ1) is 13.3. The summed E-state index contributed by atoms with van der Waals surface area (Å²) in [6.07, 6.45) is 0.761. The number of carbonyl (C=O) groups is 1. The minimum Gasteiger partial charge on any atom is -0.488 e. The molecule has 136 valence electrons. The van der Waals surface area contributed by atoms with Crippen molar-refractivity contribution in [2.75, 3.05) is 6.54 Å². The summed E-state index contributed by atoms with van der Waals surface area (Å²) in [4.78, 5) is 18.4. The topological polar surface area (TPSA) is 47.6 Å². The Kier molecular flexibility index (Phi) is 5.28. The van der Waals surface area contributed by atoms with Gasteiger partial charge in [0.2, 0.25) is 0 Å². The maximum Gasteiger partial charge on any atom is 0.197 e. The molecule has 0 unspecified atom stereocenters. The Morgan fingerprint density at radius 2 is 1.70 bits per heavy atom. The molecule has 3 aromatic rings. The first-order valence-electron chi connectivity index (χ1n) is 9.08. The number of hydroxylamine groups is 1. The van der Waals surface area contributed by atoms with Crippen molar-refractivity contribution in [3.05, 3.63) is 101 Å². The zero-order valence-corrected chi connectivity index (χ0v) is 15.0. The zero-order chi connectivity index (χ0) is 18.5. The highest BCUT2D eigenvalue weighted by Crippen LogP contribution is 2.29. The molecule has 0 bridgehead atoms. The lowest BCUT2D eigenvalue weighted by Gasteiger charge is -2.10. The highest BCUT2D eigenvalue weighted by molar-refractivity contribution is 6.12. The maximum absolute atomic E-state index is 12.9. The molecule has 0 fully saturated rings. The average molecular weight is 359 g/mol. The van der Waals surface area contributed by atoms with Crippen LogP contribution in [0, 0.1) is 0 Å². The van der Waals surface area contributed by atoms with E-state index in [4.69, 9.17) is 9.57 Å². The molecule has 1 aliphatic heterocycles. The smallest absolute Gasteiger partial charge is 0.197 e. The monoisotopic (exact) mass is 359 g/mol. The summed E-state index contributed by atoms with van der Waals surface area (Å²) in [5.74, 6) is 0.668. The Morgan fingerprint density at radius 1 is 0.889 bits per heavy atom. The molecule has 4 heteroatoms. The van der Waals surface area contributed by atoms with Gasteiger partial charge in [0.05, 0.1) is 12.2 Å². The molecule has 27 heavy (non-hydrogen) atoms. The molecule has 1 N–H and O–H groups in total. The quantitative estimate of drug-likeness (QED) is 0.532. The van der Waals surface area contributed by atoms with Gasteiger partial charge in [-0.3, -0.25) is 9.63 Å². The first-order valence-corrected chi connectivity index (χ1v) is 9.08. The SMILES string of the molecule is O=C1c2ccccc2COc2ccc(CCNOCc3ccccc3)cc21. The molecule has 4 rings (SSSR count). The molecule has 0 spiro atoms. The van der Waals surface area contributed by atoms with E-state index in [2.05, 4.69) is 5.48 Å². The van der Waals surface area contributed by atoms with E-state index in [0.717, 1.165) is 28.7 Å². The van der Waals surface area contributed by atoms with Crippen molar-refractivity contribution in [3.8, 4) is 5.75 Å². The normalized spacial score (nSPS) is 12.7. The minimum absolute atomic E-state index is 0.0215. The Hall–Kier alpha value is -2.95. The van der Waals surface area contributed by atoms with E-state index in [9.17, 15) is 4.79 Å². The highest BCUT2D eigenvalue weighted by Gasteiger charge is 2.22. The number of ether oxygens (including phenoxy) is 1. The molecule has 0 aliphatic carbocycles. The second kappa shape index (κ2) is 8.16. The maximum atomic E-state index is 12.9. The van der Waals surface area contributed by atoms with Crippen LogP contribution >= 0.6 is 0 Å². The van der Waals surface area contributed by atoms with Gasteiger partial charge in [-0.15, -0.1) is 0 Å². The van der Waals surface area contributed by atoms with Crippen molar-refractivity contribution in [3.63, 3.8) is 0 Å². The van der Waals surface area contributed by atoms with Crippen molar-refractivity contribution in [1.29, 1.82) is 0 Å². The van der Waals surface area contributed by atoms with E-state index in [1.165, 1.54) is 0 Å². The van der Waals surface area contributed by atoms with Crippen LogP contribution in [0.15, 0.2) is 72.8 Å². The third-order valence-corrected chi connectivity index (χ3v) is 4.63. The minimum atomic E-state index is 0.0215. The van der Waals surface area contributed by atoms with E-state index in [0.29, 0.717) is 31.1 Å². The van der Waals surface area contributed by atoms with Crippen molar-refractivity contribution >= 4 is 5.78 Å². The van der Waals surface area contributed by atoms with Crippen LogP contribution in [0.25, 0.3) is 0 Å². The lowest BCUT2D eigenvalue weighted by atomic mass is 9.97. The summed E-state index contributed by atoms with van der Waals surface area (Å²) >= 11 is 0. The largest absolute Gasteiger partial charge is 0.488 e. The molecule has 0 radical (unpaired) electrons. The molecule has 1 heterocycles. The van der Waals surface area contributed by atoms with Crippen LogP contribution in [0.4, 0.5) is 0 Å². The van der Waals surface area contributed by atoms with Gasteiger partial charge < -0.3 is 4.74 Å². The zero-order valence-electron chi connectivity index (χ0n) is 15.0. The van der Waals surface area contributed by atoms with Gasteiger partial charge in [0.15, 0.2) is 5.78 Å². The van der Waals surface area contributed by atoms with Crippen molar-refractivity contribution in [2.45, 2.75) is 19.6 Å². The van der Waals surface area contributed by atoms with Crippen molar-refractivity contribution in [2.24, 2.45) is 0 Å². The van der Waals surface area contributed by atoms with Gasteiger partial charge in [0, 0.05) is 17.7 Å². The van der Waals surface area contributed by atoms with Gasteiger partial charge in [0.25, 0.3) is 0 Å². The summed E-state index contributed by atoms with van der Waals surface area (Å²) in [6, 6.07) is 23.5. The van der Waals surface area contributed by atoms with Crippen LogP contribution in [-0.4, -0.2) is 12.3 Å². The van der Waals surface area contributed by atoms with Crippen LogP contribution < -0.4 is 10.2 Å². The molecule has 0 amide bonds. The molecule has 1 aliphatic rings. The van der Waals surface area contributed by atoms with Gasteiger partial charge in [-0.05, 0) is 29.7 Å². The fourth-order valence-corrected chi connectivity index (χ4v) is 3.18. The molecule has 4 nitrogen and oxygen atoms in total. The molecular formula is C23H21NO3.